The van der Waals surface area contributed by atoms with Gasteiger partial charge < -0.3 is 5.73 Å². The summed E-state index contributed by atoms with van der Waals surface area (Å²) in [6.07, 6.45) is 0. The van der Waals surface area contributed by atoms with Gasteiger partial charge in [-0.15, -0.1) is 0 Å². The van der Waals surface area contributed by atoms with Crippen molar-refractivity contribution in [2.75, 3.05) is 0 Å². The third-order valence-electron chi connectivity index (χ3n) is 4.06. The zero-order valence-corrected chi connectivity index (χ0v) is 12.3. The predicted molar refractivity (Wildman–Crippen MR) is 82.3 cm³/mol. The highest BCUT2D eigenvalue weighted by Gasteiger charge is 2.30. The van der Waals surface area contributed by atoms with E-state index in [1.54, 1.807) is 0 Å². The molecule has 0 aliphatic carbocycles. The van der Waals surface area contributed by atoms with Crippen molar-refractivity contribution < 1.29 is 0 Å². The molecule has 2 aromatic rings. The molecule has 0 amide bonds. The molecule has 0 bridgehead atoms. The van der Waals surface area contributed by atoms with Crippen LogP contribution in [-0.4, -0.2) is 0 Å². The Hall–Kier alpha value is -1.60. The van der Waals surface area contributed by atoms with Gasteiger partial charge in [0.15, 0.2) is 0 Å². The lowest BCUT2D eigenvalue weighted by molar-refractivity contribution is 0.419. The molecule has 1 unspecified atom stereocenters. The summed E-state index contributed by atoms with van der Waals surface area (Å²) in [5, 5.41) is 0. The summed E-state index contributed by atoms with van der Waals surface area (Å²) in [4.78, 5) is 0. The van der Waals surface area contributed by atoms with Crippen LogP contribution in [-0.2, 0) is 5.41 Å². The van der Waals surface area contributed by atoms with Crippen LogP contribution in [0.25, 0.3) is 0 Å². The molecule has 0 aliphatic heterocycles. The average molecular weight is 253 g/mol. The Labute approximate surface area is 116 Å². The van der Waals surface area contributed by atoms with Gasteiger partial charge in [-0.2, -0.15) is 0 Å². The zero-order chi connectivity index (χ0) is 14.0. The van der Waals surface area contributed by atoms with E-state index in [0.29, 0.717) is 0 Å². The lowest BCUT2D eigenvalue weighted by Gasteiger charge is -2.33. The topological polar surface area (TPSA) is 26.0 Å². The molecule has 0 saturated heterocycles. The first-order valence-corrected chi connectivity index (χ1v) is 6.81. The van der Waals surface area contributed by atoms with Gasteiger partial charge in [0, 0.05) is 11.5 Å². The van der Waals surface area contributed by atoms with Crippen LogP contribution in [0.4, 0.5) is 0 Å². The Morgan fingerprint density at radius 2 is 1.58 bits per heavy atom. The third-order valence-corrected chi connectivity index (χ3v) is 4.06. The quantitative estimate of drug-likeness (QED) is 0.868. The molecule has 2 N–H and O–H groups in total. The summed E-state index contributed by atoms with van der Waals surface area (Å²) in [6.45, 7) is 8.69. The van der Waals surface area contributed by atoms with E-state index in [4.69, 9.17) is 5.73 Å². The minimum absolute atomic E-state index is 0.00417. The average Bonchev–Trinajstić information content (AvgIpc) is 2.39. The highest BCUT2D eigenvalue weighted by molar-refractivity contribution is 5.37. The normalized spacial score (nSPS) is 13.3. The van der Waals surface area contributed by atoms with Crippen LogP contribution in [0.2, 0.25) is 0 Å². The number of benzene rings is 2. The van der Waals surface area contributed by atoms with Crippen molar-refractivity contribution in [1.82, 2.24) is 0 Å². The van der Waals surface area contributed by atoms with Crippen LogP contribution in [0.15, 0.2) is 48.5 Å². The van der Waals surface area contributed by atoms with Gasteiger partial charge >= 0.3 is 0 Å². The summed E-state index contributed by atoms with van der Waals surface area (Å²) in [5.74, 6) is 0. The van der Waals surface area contributed by atoms with E-state index in [1.165, 1.54) is 22.3 Å². The number of nitrogens with two attached hydrogens (primary N) is 1. The van der Waals surface area contributed by atoms with Gasteiger partial charge in [-0.05, 0) is 30.5 Å². The van der Waals surface area contributed by atoms with Crippen molar-refractivity contribution in [3.8, 4) is 0 Å². The van der Waals surface area contributed by atoms with Crippen molar-refractivity contribution in [1.29, 1.82) is 0 Å². The van der Waals surface area contributed by atoms with Crippen molar-refractivity contribution in [3.05, 3.63) is 70.8 Å². The molecule has 1 atom stereocenters. The second kappa shape index (κ2) is 5.18. The molecular weight excluding hydrogens is 230 g/mol. The Kier molecular flexibility index (Phi) is 3.77. The molecule has 1 heteroatoms. The summed E-state index contributed by atoms with van der Waals surface area (Å²) in [6, 6.07) is 17.0. The van der Waals surface area contributed by atoms with Crippen molar-refractivity contribution >= 4 is 0 Å². The van der Waals surface area contributed by atoms with Crippen LogP contribution in [0, 0.1) is 13.8 Å². The monoisotopic (exact) mass is 253 g/mol. The van der Waals surface area contributed by atoms with Crippen molar-refractivity contribution in [3.63, 3.8) is 0 Å². The number of rotatable bonds is 3. The van der Waals surface area contributed by atoms with Gasteiger partial charge in [0.2, 0.25) is 0 Å². The van der Waals surface area contributed by atoms with Gasteiger partial charge in [-0.3, -0.25) is 0 Å². The van der Waals surface area contributed by atoms with E-state index in [1.807, 2.05) is 6.07 Å². The highest BCUT2D eigenvalue weighted by atomic mass is 14.7. The van der Waals surface area contributed by atoms with Gasteiger partial charge in [-0.25, -0.2) is 0 Å². The Morgan fingerprint density at radius 3 is 2.16 bits per heavy atom. The summed E-state index contributed by atoms with van der Waals surface area (Å²) in [5.41, 5.74) is 11.5. The first kappa shape index (κ1) is 13.8. The maximum Gasteiger partial charge on any atom is 0.0390 e. The fourth-order valence-electron chi connectivity index (χ4n) is 2.61. The molecular formula is C18H23N. The van der Waals surface area contributed by atoms with E-state index in [-0.39, 0.29) is 11.5 Å². The lowest BCUT2D eigenvalue weighted by atomic mass is 9.74. The molecule has 0 spiro atoms. The summed E-state index contributed by atoms with van der Waals surface area (Å²) >= 11 is 0. The standard InChI is InChI=1S/C18H23N/c1-13-10-11-16(14(2)12-13)17(19)18(3,4)15-8-6-5-7-9-15/h5-12,17H,19H2,1-4H3. The SMILES string of the molecule is Cc1ccc(C(N)C(C)(C)c2ccccc2)c(C)c1. The van der Waals surface area contributed by atoms with Gasteiger partial charge in [0.05, 0.1) is 0 Å². The molecule has 2 aromatic carbocycles. The van der Waals surface area contributed by atoms with Crippen molar-refractivity contribution in [2.24, 2.45) is 5.73 Å². The second-order valence-corrected chi connectivity index (χ2v) is 5.93. The molecule has 0 aliphatic rings. The van der Waals surface area contributed by atoms with Crippen LogP contribution in [0.5, 0.6) is 0 Å². The van der Waals surface area contributed by atoms with E-state index in [2.05, 4.69) is 70.2 Å². The molecule has 100 valence electrons. The predicted octanol–water partition coefficient (Wildman–Crippen LogP) is 4.28. The smallest absolute Gasteiger partial charge is 0.0390 e. The lowest BCUT2D eigenvalue weighted by Crippen LogP contribution is -2.33. The van der Waals surface area contributed by atoms with Crippen LogP contribution >= 0.6 is 0 Å². The fourth-order valence-corrected chi connectivity index (χ4v) is 2.61. The number of hydrogen-bond donors (Lipinski definition) is 1. The maximum atomic E-state index is 6.56. The number of aryl methyl sites for hydroxylation is 2. The largest absolute Gasteiger partial charge is 0.323 e. The molecule has 0 saturated carbocycles. The molecule has 19 heavy (non-hydrogen) atoms. The minimum atomic E-state index is -0.0821. The third kappa shape index (κ3) is 2.71. The van der Waals surface area contributed by atoms with Crippen LogP contribution in [0.1, 0.15) is 42.1 Å². The minimum Gasteiger partial charge on any atom is -0.323 e. The van der Waals surface area contributed by atoms with Gasteiger partial charge in [-0.1, -0.05) is 67.9 Å². The summed E-state index contributed by atoms with van der Waals surface area (Å²) in [7, 11) is 0. The van der Waals surface area contributed by atoms with Gasteiger partial charge in [0.25, 0.3) is 0 Å². The molecule has 0 fully saturated rings. The molecule has 2 rings (SSSR count). The molecule has 1 nitrogen and oxygen atoms in total. The Morgan fingerprint density at radius 1 is 0.947 bits per heavy atom. The van der Waals surface area contributed by atoms with E-state index in [9.17, 15) is 0 Å². The highest BCUT2D eigenvalue weighted by Crippen LogP contribution is 2.36. The van der Waals surface area contributed by atoms with E-state index >= 15 is 0 Å². The van der Waals surface area contributed by atoms with Crippen molar-refractivity contribution in [2.45, 2.75) is 39.2 Å². The number of hydrogen-bond acceptors (Lipinski definition) is 1. The van der Waals surface area contributed by atoms with Crippen LogP contribution in [0.3, 0.4) is 0 Å². The molecule has 0 heterocycles. The zero-order valence-electron chi connectivity index (χ0n) is 12.3. The fraction of sp³-hybridized carbons (Fsp3) is 0.333. The van der Waals surface area contributed by atoms with Gasteiger partial charge in [0.1, 0.15) is 0 Å². The first-order chi connectivity index (χ1) is 8.93. The first-order valence-electron chi connectivity index (χ1n) is 6.81. The maximum absolute atomic E-state index is 6.56. The Bertz CT molecular complexity index is 555. The Balaban J connectivity index is 2.40. The van der Waals surface area contributed by atoms with E-state index in [0.717, 1.165) is 0 Å². The molecule has 0 radical (unpaired) electrons. The second-order valence-electron chi connectivity index (χ2n) is 5.93. The summed E-state index contributed by atoms with van der Waals surface area (Å²) < 4.78 is 0. The van der Waals surface area contributed by atoms with E-state index < -0.39 is 0 Å². The molecule has 0 aromatic heterocycles. The van der Waals surface area contributed by atoms with Crippen LogP contribution < -0.4 is 5.73 Å².